The standard InChI is InChI=1S/C12H24NO5P/c1-3-4-5-6-7-13-12(14)11(2)10-18-8-9-19(15,16)17/h2-10H2,1H3,(H,13,14)(H2,15,16,17). The van der Waals surface area contributed by atoms with Crippen LogP contribution >= 0.6 is 7.60 Å². The van der Waals surface area contributed by atoms with Gasteiger partial charge in [-0.2, -0.15) is 0 Å². The quantitative estimate of drug-likeness (QED) is 0.304. The molecule has 0 aliphatic rings. The van der Waals surface area contributed by atoms with E-state index in [4.69, 9.17) is 14.5 Å². The molecule has 3 N–H and O–H groups in total. The highest BCUT2D eigenvalue weighted by atomic mass is 31.2. The summed E-state index contributed by atoms with van der Waals surface area (Å²) < 4.78 is 15.5. The van der Waals surface area contributed by atoms with Gasteiger partial charge in [0.2, 0.25) is 5.91 Å². The first kappa shape index (κ1) is 18.3. The van der Waals surface area contributed by atoms with Crippen LogP contribution in [0.4, 0.5) is 0 Å². The number of carbonyl (C=O) groups is 1. The maximum Gasteiger partial charge on any atom is 0.327 e. The zero-order chi connectivity index (χ0) is 14.7. The Morgan fingerprint density at radius 1 is 1.32 bits per heavy atom. The average Bonchev–Trinajstić information content (AvgIpc) is 2.32. The maximum absolute atomic E-state index is 11.5. The molecule has 0 aromatic rings. The molecule has 0 saturated heterocycles. The van der Waals surface area contributed by atoms with Gasteiger partial charge in [-0.15, -0.1) is 0 Å². The molecule has 0 fully saturated rings. The molecule has 0 rings (SSSR count). The van der Waals surface area contributed by atoms with Crippen LogP contribution in [0.15, 0.2) is 12.2 Å². The minimum absolute atomic E-state index is 0.0131. The molecule has 0 spiro atoms. The first-order chi connectivity index (χ1) is 8.87. The number of hydrogen-bond donors (Lipinski definition) is 3. The summed E-state index contributed by atoms with van der Waals surface area (Å²) in [6, 6.07) is 0. The Morgan fingerprint density at radius 2 is 2.00 bits per heavy atom. The third-order valence-electron chi connectivity index (χ3n) is 2.44. The zero-order valence-corrected chi connectivity index (χ0v) is 12.3. The van der Waals surface area contributed by atoms with Crippen molar-refractivity contribution in [1.29, 1.82) is 0 Å². The van der Waals surface area contributed by atoms with Crippen LogP contribution < -0.4 is 5.32 Å². The van der Waals surface area contributed by atoms with Crippen LogP contribution in [0.5, 0.6) is 0 Å². The molecule has 19 heavy (non-hydrogen) atoms. The van der Waals surface area contributed by atoms with Crippen molar-refractivity contribution in [2.75, 3.05) is 25.9 Å². The Morgan fingerprint density at radius 3 is 2.58 bits per heavy atom. The van der Waals surface area contributed by atoms with E-state index in [1.165, 1.54) is 0 Å². The zero-order valence-electron chi connectivity index (χ0n) is 11.4. The van der Waals surface area contributed by atoms with Gasteiger partial charge in [0.15, 0.2) is 0 Å². The smallest absolute Gasteiger partial charge is 0.327 e. The number of hydrogen-bond acceptors (Lipinski definition) is 3. The molecule has 0 heterocycles. The molecule has 0 aromatic heterocycles. The number of unbranched alkanes of at least 4 members (excludes halogenated alkanes) is 3. The Labute approximate surface area is 114 Å². The third-order valence-corrected chi connectivity index (χ3v) is 3.21. The second-order valence-electron chi connectivity index (χ2n) is 4.36. The van der Waals surface area contributed by atoms with Crippen molar-refractivity contribution in [1.82, 2.24) is 5.32 Å². The second kappa shape index (κ2) is 10.1. The van der Waals surface area contributed by atoms with Crippen LogP contribution in [0.3, 0.4) is 0 Å². The Balaban J connectivity index is 3.60. The lowest BCUT2D eigenvalue weighted by Gasteiger charge is -2.09. The molecular formula is C12H24NO5P. The van der Waals surface area contributed by atoms with Crippen molar-refractivity contribution in [3.8, 4) is 0 Å². The van der Waals surface area contributed by atoms with Gasteiger partial charge in [-0.3, -0.25) is 9.36 Å². The maximum atomic E-state index is 11.5. The van der Waals surface area contributed by atoms with Crippen LogP contribution in [0, 0.1) is 0 Å². The van der Waals surface area contributed by atoms with E-state index in [1.54, 1.807) is 0 Å². The van der Waals surface area contributed by atoms with Crippen LogP contribution in [-0.2, 0) is 14.1 Å². The van der Waals surface area contributed by atoms with Crippen molar-refractivity contribution in [2.45, 2.75) is 32.6 Å². The summed E-state index contributed by atoms with van der Waals surface area (Å²) in [5.41, 5.74) is 0.265. The van der Waals surface area contributed by atoms with Crippen molar-refractivity contribution in [2.24, 2.45) is 0 Å². The average molecular weight is 293 g/mol. The predicted molar refractivity (Wildman–Crippen MR) is 74.0 cm³/mol. The normalized spacial score (nSPS) is 11.3. The Bertz CT molecular complexity index is 326. The lowest BCUT2D eigenvalue weighted by Crippen LogP contribution is -2.27. The summed E-state index contributed by atoms with van der Waals surface area (Å²) in [6.45, 7) is 6.20. The Kier molecular flexibility index (Phi) is 9.79. The van der Waals surface area contributed by atoms with Gasteiger partial charge in [-0.1, -0.05) is 32.8 Å². The molecule has 0 aliphatic carbocycles. The summed E-state index contributed by atoms with van der Waals surface area (Å²) >= 11 is 0. The largest absolute Gasteiger partial charge is 0.376 e. The van der Waals surface area contributed by atoms with E-state index in [1.807, 2.05) is 0 Å². The van der Waals surface area contributed by atoms with Crippen molar-refractivity contribution in [3.05, 3.63) is 12.2 Å². The summed E-state index contributed by atoms with van der Waals surface area (Å²) in [5.74, 6) is -0.271. The van der Waals surface area contributed by atoms with Crippen molar-refractivity contribution in [3.63, 3.8) is 0 Å². The number of rotatable bonds is 11. The molecule has 0 aromatic carbocycles. The van der Waals surface area contributed by atoms with Gasteiger partial charge in [0.1, 0.15) is 0 Å². The summed E-state index contributed by atoms with van der Waals surface area (Å²) in [6.07, 6.45) is 3.98. The van der Waals surface area contributed by atoms with E-state index in [-0.39, 0.29) is 30.9 Å². The van der Waals surface area contributed by atoms with Gasteiger partial charge in [0.25, 0.3) is 0 Å². The van der Waals surface area contributed by atoms with E-state index in [0.29, 0.717) is 6.54 Å². The van der Waals surface area contributed by atoms with E-state index in [9.17, 15) is 9.36 Å². The number of carbonyl (C=O) groups excluding carboxylic acids is 1. The molecule has 0 saturated carbocycles. The van der Waals surface area contributed by atoms with Crippen LogP contribution in [0.25, 0.3) is 0 Å². The number of ether oxygens (including phenoxy) is 1. The molecule has 0 atom stereocenters. The molecule has 6 nitrogen and oxygen atoms in total. The second-order valence-corrected chi connectivity index (χ2v) is 6.14. The van der Waals surface area contributed by atoms with E-state index < -0.39 is 7.60 Å². The van der Waals surface area contributed by atoms with E-state index in [2.05, 4.69) is 18.8 Å². The monoisotopic (exact) mass is 293 g/mol. The van der Waals surface area contributed by atoms with Crippen LogP contribution in [0.1, 0.15) is 32.6 Å². The van der Waals surface area contributed by atoms with Crippen LogP contribution in [-0.4, -0.2) is 41.6 Å². The molecule has 0 bridgehead atoms. The lowest BCUT2D eigenvalue weighted by molar-refractivity contribution is -0.118. The van der Waals surface area contributed by atoms with Gasteiger partial charge in [-0.05, 0) is 6.42 Å². The van der Waals surface area contributed by atoms with Gasteiger partial charge in [0, 0.05) is 12.1 Å². The molecule has 0 aliphatic heterocycles. The summed E-state index contributed by atoms with van der Waals surface area (Å²) in [4.78, 5) is 28.7. The highest BCUT2D eigenvalue weighted by molar-refractivity contribution is 7.51. The van der Waals surface area contributed by atoms with Crippen molar-refractivity contribution < 1.29 is 23.9 Å². The highest BCUT2D eigenvalue weighted by Crippen LogP contribution is 2.33. The summed E-state index contributed by atoms with van der Waals surface area (Å²) in [7, 11) is -4.03. The Hall–Kier alpha value is -0.680. The van der Waals surface area contributed by atoms with E-state index in [0.717, 1.165) is 25.7 Å². The highest BCUT2D eigenvalue weighted by Gasteiger charge is 2.12. The fourth-order valence-corrected chi connectivity index (χ4v) is 1.69. The van der Waals surface area contributed by atoms with E-state index >= 15 is 0 Å². The molecule has 1 amide bonds. The molecule has 0 unspecified atom stereocenters. The van der Waals surface area contributed by atoms with Gasteiger partial charge in [-0.25, -0.2) is 0 Å². The van der Waals surface area contributed by atoms with Gasteiger partial charge >= 0.3 is 7.60 Å². The molecular weight excluding hydrogens is 269 g/mol. The third kappa shape index (κ3) is 12.1. The number of amides is 1. The van der Waals surface area contributed by atoms with Gasteiger partial charge in [0.05, 0.1) is 19.4 Å². The minimum atomic E-state index is -4.03. The first-order valence-electron chi connectivity index (χ1n) is 6.45. The molecule has 7 heteroatoms. The van der Waals surface area contributed by atoms with Crippen molar-refractivity contribution >= 4 is 13.5 Å². The fraction of sp³-hybridized carbons (Fsp3) is 0.750. The predicted octanol–water partition coefficient (Wildman–Crippen LogP) is 1.43. The molecule has 0 radical (unpaired) electrons. The first-order valence-corrected chi connectivity index (χ1v) is 8.25. The SMILES string of the molecule is C=C(COCCP(=O)(O)O)C(=O)NCCCCCC. The fourth-order valence-electron chi connectivity index (χ4n) is 1.32. The lowest BCUT2D eigenvalue weighted by atomic mass is 10.2. The minimum Gasteiger partial charge on any atom is -0.376 e. The van der Waals surface area contributed by atoms with Crippen LogP contribution in [0.2, 0.25) is 0 Å². The topological polar surface area (TPSA) is 95.9 Å². The van der Waals surface area contributed by atoms with Gasteiger partial charge < -0.3 is 19.8 Å². The summed E-state index contributed by atoms with van der Waals surface area (Å²) in [5, 5.41) is 2.73. The molecule has 112 valence electrons. The number of nitrogens with one attached hydrogen (secondary N) is 1.